The highest BCUT2D eigenvalue weighted by molar-refractivity contribution is 5.94. The normalized spacial score (nSPS) is 13.4. The molecule has 1 aromatic rings. The van der Waals surface area contributed by atoms with Gasteiger partial charge in [-0.2, -0.15) is 5.26 Å². The highest BCUT2D eigenvalue weighted by atomic mass is 16.1. The monoisotopic (exact) mass is 244 g/mol. The lowest BCUT2D eigenvalue weighted by atomic mass is 10.00. The average Bonchev–Trinajstić information content (AvgIpc) is 2.38. The SMILES string of the molecule is CCC(C)CC(C)NC(=O)c1ccc(C#N)cc1. The second kappa shape index (κ2) is 6.80. The quantitative estimate of drug-likeness (QED) is 0.865. The smallest absolute Gasteiger partial charge is 0.251 e. The summed E-state index contributed by atoms with van der Waals surface area (Å²) in [5, 5.41) is 11.7. The number of benzene rings is 1. The van der Waals surface area contributed by atoms with Crippen molar-refractivity contribution in [2.75, 3.05) is 0 Å². The van der Waals surface area contributed by atoms with E-state index < -0.39 is 0 Å². The van der Waals surface area contributed by atoms with Crippen molar-refractivity contribution in [3.8, 4) is 6.07 Å². The minimum absolute atomic E-state index is 0.0738. The first-order valence-corrected chi connectivity index (χ1v) is 6.37. The number of hydrogen-bond acceptors (Lipinski definition) is 2. The van der Waals surface area contributed by atoms with Gasteiger partial charge in [-0.05, 0) is 43.5 Å². The van der Waals surface area contributed by atoms with E-state index in [0.29, 0.717) is 17.0 Å². The van der Waals surface area contributed by atoms with Gasteiger partial charge >= 0.3 is 0 Å². The van der Waals surface area contributed by atoms with Crippen LogP contribution in [0.3, 0.4) is 0 Å². The van der Waals surface area contributed by atoms with Crippen molar-refractivity contribution in [1.82, 2.24) is 5.32 Å². The first-order chi connectivity index (χ1) is 8.56. The Morgan fingerprint density at radius 3 is 2.44 bits per heavy atom. The standard InChI is InChI=1S/C15H20N2O/c1-4-11(2)9-12(3)17-15(18)14-7-5-13(10-16)6-8-14/h5-8,11-12H,4,9H2,1-3H3,(H,17,18). The molecule has 3 nitrogen and oxygen atoms in total. The van der Waals surface area contributed by atoms with E-state index in [2.05, 4.69) is 19.2 Å². The first kappa shape index (κ1) is 14.2. The van der Waals surface area contributed by atoms with E-state index in [1.54, 1.807) is 24.3 Å². The van der Waals surface area contributed by atoms with Crippen LogP contribution in [0, 0.1) is 17.2 Å². The van der Waals surface area contributed by atoms with E-state index >= 15 is 0 Å². The molecule has 0 aromatic heterocycles. The van der Waals surface area contributed by atoms with Crippen molar-refractivity contribution in [1.29, 1.82) is 5.26 Å². The fourth-order valence-electron chi connectivity index (χ4n) is 1.83. The fraction of sp³-hybridized carbons (Fsp3) is 0.467. The van der Waals surface area contributed by atoms with Gasteiger partial charge in [0.1, 0.15) is 0 Å². The van der Waals surface area contributed by atoms with Gasteiger partial charge in [-0.1, -0.05) is 20.3 Å². The maximum atomic E-state index is 11.9. The molecule has 0 spiro atoms. The van der Waals surface area contributed by atoms with Crippen molar-refractivity contribution < 1.29 is 4.79 Å². The molecule has 0 aliphatic rings. The van der Waals surface area contributed by atoms with E-state index in [0.717, 1.165) is 12.8 Å². The molecule has 0 radical (unpaired) electrons. The summed E-state index contributed by atoms with van der Waals surface area (Å²) in [7, 11) is 0. The molecule has 0 saturated carbocycles. The maximum Gasteiger partial charge on any atom is 0.251 e. The lowest BCUT2D eigenvalue weighted by Crippen LogP contribution is -2.33. The van der Waals surface area contributed by atoms with E-state index in [1.165, 1.54) is 0 Å². The molecule has 1 aromatic carbocycles. The molecule has 2 atom stereocenters. The third-order valence-corrected chi connectivity index (χ3v) is 3.11. The summed E-state index contributed by atoms with van der Waals surface area (Å²) >= 11 is 0. The van der Waals surface area contributed by atoms with Crippen LogP contribution < -0.4 is 5.32 Å². The highest BCUT2D eigenvalue weighted by Gasteiger charge is 2.11. The second-order valence-electron chi connectivity index (χ2n) is 4.81. The van der Waals surface area contributed by atoms with Crippen LogP contribution in [0.15, 0.2) is 24.3 Å². The van der Waals surface area contributed by atoms with Crippen molar-refractivity contribution in [2.24, 2.45) is 5.92 Å². The van der Waals surface area contributed by atoms with Gasteiger partial charge in [0.25, 0.3) is 5.91 Å². The minimum Gasteiger partial charge on any atom is -0.350 e. The Bertz CT molecular complexity index is 431. The summed E-state index contributed by atoms with van der Waals surface area (Å²) in [6.07, 6.45) is 2.11. The van der Waals surface area contributed by atoms with Crippen LogP contribution in [0.2, 0.25) is 0 Å². The molecular weight excluding hydrogens is 224 g/mol. The molecule has 0 saturated heterocycles. The van der Waals surface area contributed by atoms with Gasteiger partial charge in [0.05, 0.1) is 11.6 Å². The summed E-state index contributed by atoms with van der Waals surface area (Å²) in [5.74, 6) is 0.538. The Morgan fingerprint density at radius 2 is 1.94 bits per heavy atom. The molecule has 1 amide bonds. The van der Waals surface area contributed by atoms with E-state index in [1.807, 2.05) is 13.0 Å². The molecule has 0 aliphatic carbocycles. The number of nitriles is 1. The van der Waals surface area contributed by atoms with Crippen LogP contribution in [0.5, 0.6) is 0 Å². The van der Waals surface area contributed by atoms with E-state index in [-0.39, 0.29) is 11.9 Å². The number of amides is 1. The number of carbonyl (C=O) groups is 1. The van der Waals surface area contributed by atoms with Crippen molar-refractivity contribution in [3.05, 3.63) is 35.4 Å². The zero-order chi connectivity index (χ0) is 13.5. The van der Waals surface area contributed by atoms with E-state index in [4.69, 9.17) is 5.26 Å². The minimum atomic E-state index is -0.0738. The Balaban J connectivity index is 2.57. The molecular formula is C15H20N2O. The molecule has 2 unspecified atom stereocenters. The summed E-state index contributed by atoms with van der Waals surface area (Å²) < 4.78 is 0. The summed E-state index contributed by atoms with van der Waals surface area (Å²) in [6, 6.07) is 8.90. The fourth-order valence-corrected chi connectivity index (χ4v) is 1.83. The number of nitrogens with one attached hydrogen (secondary N) is 1. The number of rotatable bonds is 5. The molecule has 18 heavy (non-hydrogen) atoms. The lowest BCUT2D eigenvalue weighted by Gasteiger charge is -2.17. The molecule has 0 fully saturated rings. The predicted octanol–water partition coefficient (Wildman–Crippen LogP) is 3.11. The van der Waals surface area contributed by atoms with Gasteiger partial charge in [-0.25, -0.2) is 0 Å². The predicted molar refractivity (Wildman–Crippen MR) is 72.2 cm³/mol. The molecule has 96 valence electrons. The largest absolute Gasteiger partial charge is 0.350 e. The van der Waals surface area contributed by atoms with Crippen LogP contribution in [0.25, 0.3) is 0 Å². The Hall–Kier alpha value is -1.82. The average molecular weight is 244 g/mol. The van der Waals surface area contributed by atoms with Gasteiger partial charge < -0.3 is 5.32 Å². The van der Waals surface area contributed by atoms with Gasteiger partial charge in [-0.3, -0.25) is 4.79 Å². The van der Waals surface area contributed by atoms with Crippen molar-refractivity contribution >= 4 is 5.91 Å². The number of carbonyl (C=O) groups excluding carboxylic acids is 1. The second-order valence-corrected chi connectivity index (χ2v) is 4.81. The zero-order valence-electron chi connectivity index (χ0n) is 11.2. The van der Waals surface area contributed by atoms with Crippen LogP contribution in [0.1, 0.15) is 49.5 Å². The zero-order valence-corrected chi connectivity index (χ0v) is 11.2. The Labute approximate surface area is 109 Å². The molecule has 0 aliphatic heterocycles. The first-order valence-electron chi connectivity index (χ1n) is 6.37. The molecule has 0 bridgehead atoms. The Morgan fingerprint density at radius 1 is 1.33 bits per heavy atom. The molecule has 0 heterocycles. The molecule has 1 N–H and O–H groups in total. The topological polar surface area (TPSA) is 52.9 Å². The Kier molecular flexibility index (Phi) is 5.38. The van der Waals surface area contributed by atoms with Crippen LogP contribution in [0.4, 0.5) is 0 Å². The maximum absolute atomic E-state index is 11.9. The van der Waals surface area contributed by atoms with Gasteiger partial charge in [0.15, 0.2) is 0 Å². The van der Waals surface area contributed by atoms with Gasteiger partial charge in [0.2, 0.25) is 0 Å². The van der Waals surface area contributed by atoms with Gasteiger partial charge in [0, 0.05) is 11.6 Å². The van der Waals surface area contributed by atoms with Crippen LogP contribution in [-0.4, -0.2) is 11.9 Å². The van der Waals surface area contributed by atoms with Crippen LogP contribution in [-0.2, 0) is 0 Å². The van der Waals surface area contributed by atoms with Crippen LogP contribution >= 0.6 is 0 Å². The lowest BCUT2D eigenvalue weighted by molar-refractivity contribution is 0.0935. The molecule has 1 rings (SSSR count). The van der Waals surface area contributed by atoms with Gasteiger partial charge in [-0.15, -0.1) is 0 Å². The summed E-state index contributed by atoms with van der Waals surface area (Å²) in [6.45, 7) is 6.36. The third kappa shape index (κ3) is 4.21. The highest BCUT2D eigenvalue weighted by Crippen LogP contribution is 2.10. The summed E-state index contributed by atoms with van der Waals surface area (Å²) in [4.78, 5) is 11.9. The summed E-state index contributed by atoms with van der Waals surface area (Å²) in [5.41, 5.74) is 1.17. The van der Waals surface area contributed by atoms with E-state index in [9.17, 15) is 4.79 Å². The molecule has 3 heteroatoms. The number of nitrogens with zero attached hydrogens (tertiary/aromatic N) is 1. The van der Waals surface area contributed by atoms with Crippen molar-refractivity contribution in [2.45, 2.75) is 39.7 Å². The number of hydrogen-bond donors (Lipinski definition) is 1. The third-order valence-electron chi connectivity index (χ3n) is 3.11. The van der Waals surface area contributed by atoms with Crippen molar-refractivity contribution in [3.63, 3.8) is 0 Å².